The predicted molar refractivity (Wildman–Crippen MR) is 150 cm³/mol. The molecule has 7 rings (SSSR count). The number of morpholine rings is 1. The van der Waals surface area contributed by atoms with Gasteiger partial charge < -0.3 is 19.3 Å². The first-order valence-corrected chi connectivity index (χ1v) is 15.0. The first-order chi connectivity index (χ1) is 20.0. The smallest absolute Gasteiger partial charge is 0.261 e. The van der Waals surface area contributed by atoms with Crippen molar-refractivity contribution in [3.63, 3.8) is 0 Å². The number of fused-ring (bicyclic) bond motifs is 3. The highest BCUT2D eigenvalue weighted by atomic mass is 35.5. The van der Waals surface area contributed by atoms with E-state index in [1.807, 2.05) is 13.0 Å². The predicted octanol–water partition coefficient (Wildman–Crippen LogP) is 1.85. The maximum atomic E-state index is 15.6. The number of nitrogens with one attached hydrogen (secondary N) is 4. The Kier molecular flexibility index (Phi) is 7.24. The van der Waals surface area contributed by atoms with Gasteiger partial charge in [-0.1, -0.05) is 22.9 Å². The fourth-order valence-corrected chi connectivity index (χ4v) is 7.36. The molecule has 0 aromatic carbocycles. The van der Waals surface area contributed by atoms with Gasteiger partial charge in [0.1, 0.15) is 28.9 Å². The fraction of sp³-hybridized carbons (Fsp3) is 0.417. The summed E-state index contributed by atoms with van der Waals surface area (Å²) in [6.07, 6.45) is 0.170. The first kappa shape index (κ1) is 26.9. The van der Waals surface area contributed by atoms with Crippen molar-refractivity contribution in [1.29, 1.82) is 0 Å². The van der Waals surface area contributed by atoms with Gasteiger partial charge in [-0.2, -0.15) is 16.2 Å². The zero-order chi connectivity index (χ0) is 28.1. The van der Waals surface area contributed by atoms with Crippen molar-refractivity contribution >= 4 is 51.0 Å². The second-order valence-corrected chi connectivity index (χ2v) is 12.3. The SMILES string of the molecule is Cc1nn2c3c(nc2s1)CCN(C(=O)COc1ccc(N2CCOCC2)nc1Cl)C3c1sc(C2NNNN2)cc1F. The number of aromatic nitrogens is 4. The summed E-state index contributed by atoms with van der Waals surface area (Å²) >= 11 is 9.17. The number of anilines is 1. The lowest BCUT2D eigenvalue weighted by Crippen LogP contribution is -2.43. The molecule has 0 spiro atoms. The summed E-state index contributed by atoms with van der Waals surface area (Å²) in [5.41, 5.74) is 13.0. The van der Waals surface area contributed by atoms with E-state index in [-0.39, 0.29) is 23.8 Å². The summed E-state index contributed by atoms with van der Waals surface area (Å²) in [4.78, 5) is 28.5. The molecule has 0 radical (unpaired) electrons. The Morgan fingerprint density at radius 1 is 1.20 bits per heavy atom. The number of carbonyl (C=O) groups is 1. The Morgan fingerprint density at radius 3 is 2.78 bits per heavy atom. The molecule has 7 heterocycles. The number of carbonyl (C=O) groups excluding carboxylic acids is 1. The highest BCUT2D eigenvalue weighted by molar-refractivity contribution is 7.16. The van der Waals surface area contributed by atoms with E-state index in [4.69, 9.17) is 26.1 Å². The van der Waals surface area contributed by atoms with Gasteiger partial charge in [-0.05, 0) is 25.1 Å². The van der Waals surface area contributed by atoms with Gasteiger partial charge in [0.15, 0.2) is 17.5 Å². The number of pyridine rings is 1. The first-order valence-electron chi connectivity index (χ1n) is 13.0. The van der Waals surface area contributed by atoms with Crippen LogP contribution in [0.3, 0.4) is 0 Å². The monoisotopic (exact) mass is 620 g/mol. The van der Waals surface area contributed by atoms with Crippen molar-refractivity contribution in [2.45, 2.75) is 25.6 Å². The zero-order valence-electron chi connectivity index (χ0n) is 21.8. The molecule has 1 atom stereocenters. The van der Waals surface area contributed by atoms with E-state index in [0.29, 0.717) is 52.3 Å². The minimum absolute atomic E-state index is 0.169. The van der Waals surface area contributed by atoms with Gasteiger partial charge in [-0.25, -0.2) is 29.7 Å². The van der Waals surface area contributed by atoms with Gasteiger partial charge in [-0.3, -0.25) is 4.79 Å². The van der Waals surface area contributed by atoms with Crippen LogP contribution >= 0.6 is 34.3 Å². The lowest BCUT2D eigenvalue weighted by molar-refractivity contribution is -0.135. The van der Waals surface area contributed by atoms with Gasteiger partial charge in [0.05, 0.1) is 29.5 Å². The number of aryl methyl sites for hydroxylation is 1. The third kappa shape index (κ3) is 5.03. The highest BCUT2D eigenvalue weighted by Crippen LogP contribution is 2.42. The molecular formula is C24H26ClFN10O3S2. The Hall–Kier alpha value is -2.96. The van der Waals surface area contributed by atoms with E-state index < -0.39 is 11.9 Å². The summed E-state index contributed by atoms with van der Waals surface area (Å²) in [5.74, 6) is 0.302. The van der Waals surface area contributed by atoms with E-state index >= 15 is 4.39 Å². The zero-order valence-corrected chi connectivity index (χ0v) is 24.2. The maximum absolute atomic E-state index is 15.6. The van der Waals surface area contributed by atoms with Crippen molar-refractivity contribution < 1.29 is 18.7 Å². The minimum atomic E-state index is -0.732. The van der Waals surface area contributed by atoms with Gasteiger partial charge in [-0.15, -0.1) is 11.3 Å². The summed E-state index contributed by atoms with van der Waals surface area (Å²) in [6, 6.07) is 4.27. The van der Waals surface area contributed by atoms with Crippen molar-refractivity contribution in [2.75, 3.05) is 44.4 Å². The number of hydrazine groups is 3. The number of hydrogen-bond donors (Lipinski definition) is 4. The van der Waals surface area contributed by atoms with E-state index in [0.717, 1.165) is 29.6 Å². The Labute approximate surface area is 246 Å². The van der Waals surface area contributed by atoms with Crippen molar-refractivity contribution in [2.24, 2.45) is 0 Å². The Bertz CT molecular complexity index is 1600. The molecule has 41 heavy (non-hydrogen) atoms. The number of ether oxygens (including phenoxy) is 2. The quantitative estimate of drug-likeness (QED) is 0.235. The number of thiophene rings is 1. The summed E-state index contributed by atoms with van der Waals surface area (Å²) in [6.45, 7) is 4.65. The molecule has 4 aromatic rings. The second-order valence-electron chi connectivity index (χ2n) is 9.68. The molecule has 2 saturated heterocycles. The van der Waals surface area contributed by atoms with Gasteiger partial charge in [0.2, 0.25) is 4.96 Å². The van der Waals surface area contributed by atoms with Crippen LogP contribution in [0.4, 0.5) is 10.2 Å². The molecule has 216 valence electrons. The second kappa shape index (κ2) is 11.0. The molecule has 0 bridgehead atoms. The topological polar surface area (TPSA) is 133 Å². The standard InChI is InChI=1S/C24H26ClFN10O3S2/c1-12-31-36-19-14(27-24(36)40-12)4-5-35(20(19)21-13(26)10-16(41-21)23-29-32-33-30-23)18(37)11-39-15-2-3-17(28-22(15)25)34-6-8-38-9-7-34/h2-3,10,20,23,29-30,32-33H,4-9,11H2,1H3. The average molecular weight is 621 g/mol. The van der Waals surface area contributed by atoms with E-state index in [1.165, 1.54) is 28.7 Å². The van der Waals surface area contributed by atoms with Gasteiger partial charge in [0, 0.05) is 30.9 Å². The fourth-order valence-electron chi connectivity index (χ4n) is 5.23. The van der Waals surface area contributed by atoms with Gasteiger partial charge in [0.25, 0.3) is 5.91 Å². The number of nitrogens with zero attached hydrogens (tertiary/aromatic N) is 6. The molecule has 0 saturated carbocycles. The third-order valence-corrected chi connectivity index (χ3v) is 9.46. The number of imidazole rings is 1. The van der Waals surface area contributed by atoms with Crippen LogP contribution in [0.15, 0.2) is 18.2 Å². The van der Waals surface area contributed by atoms with Crippen LogP contribution in [-0.4, -0.2) is 69.8 Å². The Morgan fingerprint density at radius 2 is 2.00 bits per heavy atom. The molecule has 2 fully saturated rings. The summed E-state index contributed by atoms with van der Waals surface area (Å²) in [7, 11) is 0. The molecular weight excluding hydrogens is 595 g/mol. The normalized spacial score (nSPS) is 19.7. The molecule has 0 aliphatic carbocycles. The molecule has 3 aliphatic heterocycles. The molecule has 4 N–H and O–H groups in total. The molecule has 1 amide bonds. The lowest BCUT2D eigenvalue weighted by atomic mass is 10.0. The number of hydrogen-bond acceptors (Lipinski definition) is 13. The van der Waals surface area contributed by atoms with Crippen LogP contribution in [0.25, 0.3) is 4.96 Å². The minimum Gasteiger partial charge on any atom is -0.481 e. The van der Waals surface area contributed by atoms with E-state index in [2.05, 4.69) is 36.9 Å². The average Bonchev–Trinajstić information content (AvgIpc) is 3.77. The Balaban J connectivity index is 1.17. The molecule has 13 nitrogen and oxygen atoms in total. The maximum Gasteiger partial charge on any atom is 0.261 e. The summed E-state index contributed by atoms with van der Waals surface area (Å²) in [5, 5.41) is 5.62. The van der Waals surface area contributed by atoms with Crippen LogP contribution in [0.5, 0.6) is 5.75 Å². The van der Waals surface area contributed by atoms with Crippen LogP contribution in [0.2, 0.25) is 5.15 Å². The number of amides is 1. The highest BCUT2D eigenvalue weighted by Gasteiger charge is 2.40. The molecule has 1 unspecified atom stereocenters. The van der Waals surface area contributed by atoms with E-state index in [9.17, 15) is 4.79 Å². The molecule has 17 heteroatoms. The van der Waals surface area contributed by atoms with Crippen molar-refractivity contribution in [3.8, 4) is 5.75 Å². The lowest BCUT2D eigenvalue weighted by Gasteiger charge is -2.34. The number of halogens is 2. The van der Waals surface area contributed by atoms with Gasteiger partial charge >= 0.3 is 0 Å². The third-order valence-electron chi connectivity index (χ3n) is 7.14. The molecule has 4 aromatic heterocycles. The summed E-state index contributed by atoms with van der Waals surface area (Å²) < 4.78 is 28.6. The molecule has 3 aliphatic rings. The number of rotatable bonds is 6. The van der Waals surface area contributed by atoms with Crippen LogP contribution in [-0.2, 0) is 16.0 Å². The largest absolute Gasteiger partial charge is 0.481 e. The van der Waals surface area contributed by atoms with Crippen LogP contribution < -0.4 is 31.6 Å². The van der Waals surface area contributed by atoms with Crippen LogP contribution in [0.1, 0.15) is 38.4 Å². The van der Waals surface area contributed by atoms with Crippen molar-refractivity contribution in [1.82, 2.24) is 46.4 Å². The van der Waals surface area contributed by atoms with Crippen LogP contribution in [0, 0.1) is 12.7 Å². The van der Waals surface area contributed by atoms with E-state index in [1.54, 1.807) is 15.5 Å². The van der Waals surface area contributed by atoms with Crippen molar-refractivity contribution in [3.05, 3.63) is 55.3 Å².